The van der Waals surface area contributed by atoms with Gasteiger partial charge in [0, 0.05) is 20.3 Å². The van der Waals surface area contributed by atoms with Gasteiger partial charge in [0.05, 0.1) is 19.8 Å². The second-order valence-corrected chi connectivity index (χ2v) is 10.4. The molecule has 0 spiro atoms. The van der Waals surface area contributed by atoms with E-state index in [4.69, 9.17) is 18.5 Å². The zero-order valence-electron chi connectivity index (χ0n) is 22.3. The number of likely N-dealkylation sites (N-methyl/N-ethyl adjacent to an activating group) is 1. The van der Waals surface area contributed by atoms with Crippen LogP contribution in [0.3, 0.4) is 0 Å². The molecule has 0 aliphatic carbocycles. The maximum atomic E-state index is 11.8. The van der Waals surface area contributed by atoms with Crippen molar-refractivity contribution in [2.45, 2.75) is 90.1 Å². The summed E-state index contributed by atoms with van der Waals surface area (Å²) in [6.45, 7) is 3.85. The van der Waals surface area contributed by atoms with Crippen LogP contribution in [-0.4, -0.2) is 70.1 Å². The second kappa shape index (κ2) is 24.2. The first-order valence-corrected chi connectivity index (χ1v) is 14.6. The van der Waals surface area contributed by atoms with Crippen LogP contribution in [0.2, 0.25) is 0 Å². The zero-order valence-corrected chi connectivity index (χ0v) is 23.2. The highest BCUT2D eigenvalue weighted by Crippen LogP contribution is 2.43. The number of nitrogens with zero attached hydrogens (tertiary/aromatic N) is 1. The molecule has 0 saturated carbocycles. The van der Waals surface area contributed by atoms with E-state index in [2.05, 4.69) is 31.2 Å². The van der Waals surface area contributed by atoms with Gasteiger partial charge in [-0.3, -0.25) is 9.05 Å². The predicted octanol–water partition coefficient (Wildman–Crippen LogP) is 6.53. The fourth-order valence-electron chi connectivity index (χ4n) is 3.14. The molecule has 8 heteroatoms. The van der Waals surface area contributed by atoms with Crippen molar-refractivity contribution in [3.63, 3.8) is 0 Å². The smallest absolute Gasteiger partial charge is 0.379 e. The Morgan fingerprint density at radius 2 is 1.44 bits per heavy atom. The minimum Gasteiger partial charge on any atom is -0.379 e. The van der Waals surface area contributed by atoms with Gasteiger partial charge in [0.25, 0.3) is 0 Å². The summed E-state index contributed by atoms with van der Waals surface area (Å²) in [6, 6.07) is 0. The number of allylic oxidation sites excluding steroid dienone is 4. The lowest BCUT2D eigenvalue weighted by atomic mass is 10.1. The van der Waals surface area contributed by atoms with Gasteiger partial charge in [-0.25, -0.2) is 4.57 Å². The van der Waals surface area contributed by atoms with Crippen molar-refractivity contribution < 1.29 is 28.0 Å². The molecule has 2 unspecified atom stereocenters. The van der Waals surface area contributed by atoms with Crippen molar-refractivity contribution in [2.75, 3.05) is 54.2 Å². The number of ether oxygens (including phenoxy) is 2. The molecule has 0 aromatic carbocycles. The third-order valence-corrected chi connectivity index (χ3v) is 6.33. The lowest BCUT2D eigenvalue weighted by Gasteiger charge is -2.18. The number of rotatable bonds is 25. The van der Waals surface area contributed by atoms with E-state index in [9.17, 15) is 9.46 Å². The number of methoxy groups -OCH3 is 1. The van der Waals surface area contributed by atoms with Crippen LogP contribution in [0.1, 0.15) is 84.0 Å². The van der Waals surface area contributed by atoms with Gasteiger partial charge < -0.3 is 19.3 Å². The molecular weight excluding hydrogens is 453 g/mol. The number of unbranched alkanes of at least 4 members (excludes halogenated alkanes) is 9. The standard InChI is InChI=1S/C26H52NO6P/c1-5-6-7-8-9-10-11-12-13-14-15-16-17-18-19-20-22-31-24-26(30-4)25-33-34(28,29)32-23-21-27(2)3/h9-10,12-13,26H,5-8,11,14-25H2,1-4H3,(H,28,29)/b10-9+,13-12+. The fraction of sp³-hybridized carbons (Fsp3) is 0.846. The Morgan fingerprint density at radius 3 is 2.06 bits per heavy atom. The molecule has 0 bridgehead atoms. The van der Waals surface area contributed by atoms with Gasteiger partial charge in [-0.15, -0.1) is 0 Å². The van der Waals surface area contributed by atoms with Crippen LogP contribution in [0, 0.1) is 0 Å². The van der Waals surface area contributed by atoms with E-state index in [1.165, 1.54) is 64.9 Å². The first-order chi connectivity index (χ1) is 16.4. The summed E-state index contributed by atoms with van der Waals surface area (Å²) in [4.78, 5) is 11.6. The molecule has 0 amide bonds. The molecule has 34 heavy (non-hydrogen) atoms. The van der Waals surface area contributed by atoms with Crippen LogP contribution in [0.15, 0.2) is 24.3 Å². The summed E-state index contributed by atoms with van der Waals surface area (Å²) in [5.41, 5.74) is 0. The molecule has 0 heterocycles. The molecular formula is C26H52NO6P. The highest BCUT2D eigenvalue weighted by Gasteiger charge is 2.23. The van der Waals surface area contributed by atoms with Gasteiger partial charge in [0.2, 0.25) is 0 Å². The molecule has 0 rings (SSSR count). The van der Waals surface area contributed by atoms with Gasteiger partial charge in [0.15, 0.2) is 0 Å². The minimum atomic E-state index is -4.06. The summed E-state index contributed by atoms with van der Waals surface area (Å²) in [7, 11) is 1.19. The van der Waals surface area contributed by atoms with Crippen LogP contribution < -0.4 is 0 Å². The van der Waals surface area contributed by atoms with E-state index in [1.807, 2.05) is 19.0 Å². The van der Waals surface area contributed by atoms with Gasteiger partial charge in [0.1, 0.15) is 6.10 Å². The Bertz CT molecular complexity index is 541. The maximum Gasteiger partial charge on any atom is 0.472 e. The Kier molecular flexibility index (Phi) is 23.8. The topological polar surface area (TPSA) is 77.5 Å². The van der Waals surface area contributed by atoms with Gasteiger partial charge in [-0.2, -0.15) is 0 Å². The summed E-state index contributed by atoms with van der Waals surface area (Å²) in [5.74, 6) is 0. The van der Waals surface area contributed by atoms with Gasteiger partial charge in [-0.05, 0) is 52.6 Å². The van der Waals surface area contributed by atoms with Crippen LogP contribution in [0.5, 0.6) is 0 Å². The van der Waals surface area contributed by atoms with Crippen LogP contribution in [0.4, 0.5) is 0 Å². The van der Waals surface area contributed by atoms with Crippen molar-refractivity contribution in [3.8, 4) is 0 Å². The number of hydrogen-bond donors (Lipinski definition) is 1. The molecule has 0 fully saturated rings. The van der Waals surface area contributed by atoms with Crippen molar-refractivity contribution in [3.05, 3.63) is 24.3 Å². The zero-order chi connectivity index (χ0) is 25.3. The molecule has 1 N–H and O–H groups in total. The van der Waals surface area contributed by atoms with Crippen LogP contribution in [0.25, 0.3) is 0 Å². The van der Waals surface area contributed by atoms with Gasteiger partial charge in [-0.1, -0.05) is 69.8 Å². The Morgan fingerprint density at radius 1 is 0.824 bits per heavy atom. The maximum absolute atomic E-state index is 11.8. The quantitative estimate of drug-likeness (QED) is 0.0859. The third kappa shape index (κ3) is 24.6. The van der Waals surface area contributed by atoms with E-state index >= 15 is 0 Å². The average Bonchev–Trinajstić information content (AvgIpc) is 2.79. The van der Waals surface area contributed by atoms with Crippen molar-refractivity contribution in [1.29, 1.82) is 0 Å². The normalized spacial score (nSPS) is 15.0. The molecule has 0 radical (unpaired) electrons. The van der Waals surface area contributed by atoms with E-state index in [0.29, 0.717) is 19.8 Å². The first-order valence-electron chi connectivity index (χ1n) is 13.1. The van der Waals surface area contributed by atoms with E-state index < -0.39 is 13.9 Å². The second-order valence-electron chi connectivity index (χ2n) is 8.92. The molecule has 2 atom stereocenters. The highest BCUT2D eigenvalue weighted by atomic mass is 31.2. The Hall–Kier alpha value is -0.530. The summed E-state index contributed by atoms with van der Waals surface area (Å²) >= 11 is 0. The Labute approximate surface area is 209 Å². The molecule has 0 aromatic rings. The van der Waals surface area contributed by atoms with E-state index in [0.717, 1.165) is 19.3 Å². The number of hydrogen-bond acceptors (Lipinski definition) is 6. The monoisotopic (exact) mass is 505 g/mol. The largest absolute Gasteiger partial charge is 0.472 e. The SMILES string of the molecule is CCCCC/C=C/C/C=C/CCCCCCCCOCC(COP(=O)(O)OCCN(C)C)OC. The molecule has 7 nitrogen and oxygen atoms in total. The third-order valence-electron chi connectivity index (χ3n) is 5.34. The molecule has 202 valence electrons. The lowest BCUT2D eigenvalue weighted by molar-refractivity contribution is -0.0222. The molecule has 0 aliphatic heterocycles. The van der Waals surface area contributed by atoms with Crippen molar-refractivity contribution in [2.24, 2.45) is 0 Å². The van der Waals surface area contributed by atoms with Crippen LogP contribution >= 0.6 is 7.82 Å². The number of phosphoric ester groups is 1. The van der Waals surface area contributed by atoms with E-state index in [1.54, 1.807) is 0 Å². The average molecular weight is 506 g/mol. The molecule has 0 aromatic heterocycles. The predicted molar refractivity (Wildman–Crippen MR) is 141 cm³/mol. The summed E-state index contributed by atoms with van der Waals surface area (Å²) in [5, 5.41) is 0. The highest BCUT2D eigenvalue weighted by molar-refractivity contribution is 7.47. The van der Waals surface area contributed by atoms with Crippen molar-refractivity contribution in [1.82, 2.24) is 4.90 Å². The molecule has 0 aliphatic rings. The Balaban J connectivity index is 3.55. The van der Waals surface area contributed by atoms with Crippen LogP contribution in [-0.2, 0) is 23.1 Å². The number of phosphoric acid groups is 1. The molecule has 0 saturated heterocycles. The van der Waals surface area contributed by atoms with Gasteiger partial charge >= 0.3 is 7.82 Å². The summed E-state index contributed by atoms with van der Waals surface area (Å²) in [6.07, 6.45) is 23.4. The van der Waals surface area contributed by atoms with Crippen molar-refractivity contribution >= 4 is 7.82 Å². The first kappa shape index (κ1) is 33.5. The summed E-state index contributed by atoms with van der Waals surface area (Å²) < 4.78 is 32.7. The fourth-order valence-corrected chi connectivity index (χ4v) is 3.89. The lowest BCUT2D eigenvalue weighted by Crippen LogP contribution is -2.24. The van der Waals surface area contributed by atoms with E-state index in [-0.39, 0.29) is 13.2 Å². The minimum absolute atomic E-state index is 0.0457.